The van der Waals surface area contributed by atoms with Crippen LogP contribution < -0.4 is 4.90 Å². The summed E-state index contributed by atoms with van der Waals surface area (Å²) in [4.78, 5) is 6.57. The Kier molecular flexibility index (Phi) is 3.83. The number of hydrogen-bond acceptors (Lipinski definition) is 3. The average Bonchev–Trinajstić information content (AvgIpc) is 2.58. The van der Waals surface area contributed by atoms with Crippen molar-refractivity contribution in [2.45, 2.75) is 25.8 Å². The number of thiazole rings is 1. The van der Waals surface area contributed by atoms with Crippen molar-refractivity contribution in [3.05, 3.63) is 9.85 Å². The van der Waals surface area contributed by atoms with Gasteiger partial charge in [0.15, 0.2) is 4.47 Å². The van der Waals surface area contributed by atoms with Crippen molar-refractivity contribution in [2.75, 3.05) is 11.4 Å². The van der Waals surface area contributed by atoms with Crippen LogP contribution in [0.3, 0.4) is 0 Å². The Morgan fingerprint density at radius 3 is 2.92 bits per heavy atom. The monoisotopic (exact) mass is 238 g/mol. The van der Waals surface area contributed by atoms with Crippen LogP contribution in [0, 0.1) is 0 Å². The van der Waals surface area contributed by atoms with Crippen LogP contribution in [0.4, 0.5) is 5.82 Å². The van der Waals surface area contributed by atoms with Crippen LogP contribution in [0.25, 0.3) is 0 Å². The van der Waals surface area contributed by atoms with Crippen LogP contribution in [0.15, 0.2) is 5.38 Å². The molecule has 1 unspecified atom stereocenters. The van der Waals surface area contributed by atoms with Crippen molar-refractivity contribution in [1.29, 1.82) is 0 Å². The largest absolute Gasteiger partial charge is 0.353 e. The summed E-state index contributed by atoms with van der Waals surface area (Å²) in [5.41, 5.74) is 0. The minimum atomic E-state index is 0. The van der Waals surface area contributed by atoms with Crippen molar-refractivity contribution in [1.82, 2.24) is 4.98 Å². The predicted octanol–water partition coefficient (Wildman–Crippen LogP) is 3.21. The molecule has 0 bridgehead atoms. The molecule has 1 atom stereocenters. The highest BCUT2D eigenvalue weighted by atomic mass is 35.5. The number of hydrogen-bond donors (Lipinski definition) is 0. The Morgan fingerprint density at radius 1 is 1.69 bits per heavy atom. The summed E-state index contributed by atoms with van der Waals surface area (Å²) in [5, 5.41) is 2.03. The van der Waals surface area contributed by atoms with E-state index in [2.05, 4.69) is 16.8 Å². The second kappa shape index (κ2) is 4.49. The first-order chi connectivity index (χ1) is 5.77. The Labute approximate surface area is 93.3 Å². The fraction of sp³-hybridized carbons (Fsp3) is 0.625. The molecule has 0 aromatic carbocycles. The highest BCUT2D eigenvalue weighted by molar-refractivity contribution is 7.14. The van der Waals surface area contributed by atoms with Gasteiger partial charge in [0.05, 0.1) is 0 Å². The molecule has 0 aliphatic carbocycles. The lowest BCUT2D eigenvalue weighted by molar-refractivity contribution is 0.729. The van der Waals surface area contributed by atoms with E-state index < -0.39 is 0 Å². The second-order valence-corrected chi connectivity index (χ2v) is 4.58. The molecule has 1 aliphatic rings. The van der Waals surface area contributed by atoms with Crippen molar-refractivity contribution in [3.63, 3.8) is 0 Å². The van der Waals surface area contributed by atoms with Crippen molar-refractivity contribution in [2.24, 2.45) is 0 Å². The van der Waals surface area contributed by atoms with E-state index in [0.29, 0.717) is 10.5 Å². The average molecular weight is 239 g/mol. The molecule has 2 heterocycles. The van der Waals surface area contributed by atoms with Gasteiger partial charge in [0.1, 0.15) is 5.82 Å². The van der Waals surface area contributed by atoms with Gasteiger partial charge in [-0.15, -0.1) is 23.7 Å². The van der Waals surface area contributed by atoms with E-state index in [1.807, 2.05) is 5.38 Å². The molecule has 0 spiro atoms. The van der Waals surface area contributed by atoms with E-state index in [0.717, 1.165) is 12.4 Å². The first-order valence-corrected chi connectivity index (χ1v) is 5.41. The summed E-state index contributed by atoms with van der Waals surface area (Å²) >= 11 is 7.27. The van der Waals surface area contributed by atoms with Crippen LogP contribution in [0.2, 0.25) is 4.47 Å². The number of nitrogens with zero attached hydrogens (tertiary/aromatic N) is 2. The maximum atomic E-state index is 5.77. The molecule has 0 N–H and O–H groups in total. The molecule has 1 fully saturated rings. The van der Waals surface area contributed by atoms with Gasteiger partial charge >= 0.3 is 0 Å². The molecule has 1 aromatic heterocycles. The molecule has 2 rings (SSSR count). The Hall–Kier alpha value is 0.01000. The van der Waals surface area contributed by atoms with Crippen molar-refractivity contribution >= 4 is 41.2 Å². The highest BCUT2D eigenvalue weighted by Gasteiger charge is 2.21. The maximum Gasteiger partial charge on any atom is 0.185 e. The third-order valence-electron chi connectivity index (χ3n) is 2.31. The fourth-order valence-corrected chi connectivity index (χ4v) is 2.41. The van der Waals surface area contributed by atoms with Crippen LogP contribution in [0.5, 0.6) is 0 Å². The number of halogens is 2. The topological polar surface area (TPSA) is 16.1 Å². The summed E-state index contributed by atoms with van der Waals surface area (Å²) in [6, 6.07) is 0.628. The molecule has 1 saturated heterocycles. The second-order valence-electron chi connectivity index (χ2n) is 3.14. The van der Waals surface area contributed by atoms with Crippen LogP contribution in [-0.4, -0.2) is 17.6 Å². The molecule has 2 nitrogen and oxygen atoms in total. The number of anilines is 1. The molecule has 5 heteroatoms. The highest BCUT2D eigenvalue weighted by Crippen LogP contribution is 2.28. The molecular weight excluding hydrogens is 227 g/mol. The van der Waals surface area contributed by atoms with E-state index in [9.17, 15) is 0 Å². The minimum Gasteiger partial charge on any atom is -0.353 e. The zero-order valence-corrected chi connectivity index (χ0v) is 9.75. The van der Waals surface area contributed by atoms with Gasteiger partial charge in [0, 0.05) is 18.0 Å². The smallest absolute Gasteiger partial charge is 0.185 e. The van der Waals surface area contributed by atoms with Gasteiger partial charge < -0.3 is 4.90 Å². The summed E-state index contributed by atoms with van der Waals surface area (Å²) < 4.78 is 0.643. The molecule has 0 amide bonds. The molecule has 1 aromatic rings. The molecule has 0 radical (unpaired) electrons. The molecular formula is C8H12Cl2N2S. The van der Waals surface area contributed by atoms with E-state index in [4.69, 9.17) is 11.6 Å². The number of rotatable bonds is 1. The van der Waals surface area contributed by atoms with Crippen molar-refractivity contribution < 1.29 is 0 Å². The lowest BCUT2D eigenvalue weighted by Gasteiger charge is -2.20. The van der Waals surface area contributed by atoms with Crippen molar-refractivity contribution in [3.8, 4) is 0 Å². The van der Waals surface area contributed by atoms with E-state index in [1.165, 1.54) is 24.2 Å². The summed E-state index contributed by atoms with van der Waals surface area (Å²) in [6.07, 6.45) is 2.55. The quantitative estimate of drug-likeness (QED) is 0.748. The summed E-state index contributed by atoms with van der Waals surface area (Å²) in [7, 11) is 0. The Balaban J connectivity index is 0.000000845. The van der Waals surface area contributed by atoms with Gasteiger partial charge in [-0.3, -0.25) is 0 Å². The zero-order valence-electron chi connectivity index (χ0n) is 7.36. The van der Waals surface area contributed by atoms with Gasteiger partial charge in [0.2, 0.25) is 0 Å². The van der Waals surface area contributed by atoms with Gasteiger partial charge in [-0.05, 0) is 19.8 Å². The fourth-order valence-electron chi connectivity index (χ4n) is 1.65. The zero-order chi connectivity index (χ0) is 8.55. The van der Waals surface area contributed by atoms with E-state index >= 15 is 0 Å². The summed E-state index contributed by atoms with van der Waals surface area (Å²) in [5.74, 6) is 1.05. The third-order valence-corrected chi connectivity index (χ3v) is 3.28. The molecule has 13 heavy (non-hydrogen) atoms. The molecule has 0 saturated carbocycles. The minimum absolute atomic E-state index is 0. The Bertz CT molecular complexity index is 277. The van der Waals surface area contributed by atoms with Gasteiger partial charge in [0.25, 0.3) is 0 Å². The lowest BCUT2D eigenvalue weighted by Crippen LogP contribution is -2.26. The Morgan fingerprint density at radius 2 is 2.46 bits per heavy atom. The van der Waals surface area contributed by atoms with E-state index in [1.54, 1.807) is 0 Å². The standard InChI is InChI=1S/C8H11ClN2S.ClH/c1-6-3-2-4-11(6)7-5-12-8(9)10-7;/h5-6H,2-4H2,1H3;1H. The first kappa shape index (κ1) is 11.1. The predicted molar refractivity (Wildman–Crippen MR) is 60.4 cm³/mol. The number of aromatic nitrogens is 1. The molecule has 74 valence electrons. The van der Waals surface area contributed by atoms with Crippen LogP contribution in [0.1, 0.15) is 19.8 Å². The maximum absolute atomic E-state index is 5.77. The SMILES string of the molecule is CC1CCCN1c1csc(Cl)n1.Cl. The van der Waals surface area contributed by atoms with Gasteiger partial charge in [-0.2, -0.15) is 0 Å². The van der Waals surface area contributed by atoms with Gasteiger partial charge in [-0.25, -0.2) is 4.98 Å². The molecule has 1 aliphatic heterocycles. The van der Waals surface area contributed by atoms with Crippen LogP contribution >= 0.6 is 35.3 Å². The normalized spacial score (nSPS) is 21.7. The first-order valence-electron chi connectivity index (χ1n) is 4.15. The van der Waals surface area contributed by atoms with Gasteiger partial charge in [-0.1, -0.05) is 11.6 Å². The third kappa shape index (κ3) is 2.27. The van der Waals surface area contributed by atoms with Crippen LogP contribution in [-0.2, 0) is 0 Å². The lowest BCUT2D eigenvalue weighted by atomic mass is 10.2. The van der Waals surface area contributed by atoms with E-state index in [-0.39, 0.29) is 12.4 Å². The summed E-state index contributed by atoms with van der Waals surface area (Å²) in [6.45, 7) is 3.36.